The predicted octanol–water partition coefficient (Wildman–Crippen LogP) is 0.548. The van der Waals surface area contributed by atoms with Crippen molar-refractivity contribution in [2.45, 2.75) is 19.5 Å². The Kier molecular flexibility index (Phi) is 5.03. The van der Waals surface area contributed by atoms with Crippen molar-refractivity contribution in [3.8, 4) is 0 Å². The first-order valence-corrected chi connectivity index (χ1v) is 5.38. The van der Waals surface area contributed by atoms with Gasteiger partial charge in [0.05, 0.1) is 30.5 Å². The van der Waals surface area contributed by atoms with Crippen molar-refractivity contribution in [3.63, 3.8) is 0 Å². The van der Waals surface area contributed by atoms with Crippen LogP contribution in [0.3, 0.4) is 0 Å². The summed E-state index contributed by atoms with van der Waals surface area (Å²) >= 11 is 1.62. The molecule has 0 fully saturated rings. The van der Waals surface area contributed by atoms with Crippen LogP contribution in [-0.2, 0) is 11.3 Å². The smallest absolute Gasteiger partial charge is 0.0798 e. The van der Waals surface area contributed by atoms with Crippen molar-refractivity contribution in [1.29, 1.82) is 0 Å². The van der Waals surface area contributed by atoms with Gasteiger partial charge in [-0.15, -0.1) is 11.3 Å². The summed E-state index contributed by atoms with van der Waals surface area (Å²) in [6.07, 6.45) is 0. The standard InChI is InChI=1S/C9H16N2O2S/c1-7-9(14-6-11-7)3-10-8(4-12)5-13-2/h6,8,10,12H,3-5H2,1-2H3. The molecule has 0 saturated heterocycles. The van der Waals surface area contributed by atoms with Crippen LogP contribution in [0.4, 0.5) is 0 Å². The van der Waals surface area contributed by atoms with Gasteiger partial charge < -0.3 is 15.2 Å². The van der Waals surface area contributed by atoms with E-state index in [9.17, 15) is 0 Å². The molecule has 1 aromatic heterocycles. The largest absolute Gasteiger partial charge is 0.395 e. The molecule has 0 aliphatic heterocycles. The van der Waals surface area contributed by atoms with Crippen LogP contribution in [0.15, 0.2) is 5.51 Å². The van der Waals surface area contributed by atoms with Gasteiger partial charge in [-0.25, -0.2) is 4.98 Å². The van der Waals surface area contributed by atoms with E-state index in [1.807, 2.05) is 12.4 Å². The van der Waals surface area contributed by atoms with E-state index in [4.69, 9.17) is 9.84 Å². The maximum atomic E-state index is 9.00. The Morgan fingerprint density at radius 1 is 1.71 bits per heavy atom. The highest BCUT2D eigenvalue weighted by molar-refractivity contribution is 7.09. The summed E-state index contributed by atoms with van der Waals surface area (Å²) in [5.41, 5.74) is 2.88. The molecule has 0 spiro atoms. The summed E-state index contributed by atoms with van der Waals surface area (Å²) in [5, 5.41) is 12.2. The van der Waals surface area contributed by atoms with E-state index >= 15 is 0 Å². The van der Waals surface area contributed by atoms with Crippen LogP contribution in [0.1, 0.15) is 10.6 Å². The first kappa shape index (κ1) is 11.6. The van der Waals surface area contributed by atoms with Gasteiger partial charge in [0.15, 0.2) is 0 Å². The predicted molar refractivity (Wildman–Crippen MR) is 56.4 cm³/mol. The number of aryl methyl sites for hydroxylation is 1. The molecule has 0 saturated carbocycles. The van der Waals surface area contributed by atoms with E-state index in [0.29, 0.717) is 6.61 Å². The van der Waals surface area contributed by atoms with E-state index in [2.05, 4.69) is 10.3 Å². The van der Waals surface area contributed by atoms with Gasteiger partial charge in [0.2, 0.25) is 0 Å². The minimum atomic E-state index is 0.00139. The lowest BCUT2D eigenvalue weighted by atomic mass is 10.3. The van der Waals surface area contributed by atoms with Crippen LogP contribution >= 0.6 is 11.3 Å². The number of aliphatic hydroxyl groups is 1. The van der Waals surface area contributed by atoms with Crippen molar-refractivity contribution >= 4 is 11.3 Å². The minimum absolute atomic E-state index is 0.00139. The van der Waals surface area contributed by atoms with Crippen molar-refractivity contribution in [1.82, 2.24) is 10.3 Å². The topological polar surface area (TPSA) is 54.4 Å². The van der Waals surface area contributed by atoms with Crippen molar-refractivity contribution in [3.05, 3.63) is 16.1 Å². The molecule has 14 heavy (non-hydrogen) atoms. The van der Waals surface area contributed by atoms with Gasteiger partial charge in [-0.3, -0.25) is 0 Å². The molecule has 0 aliphatic rings. The number of hydrogen-bond acceptors (Lipinski definition) is 5. The van der Waals surface area contributed by atoms with Gasteiger partial charge in [-0.2, -0.15) is 0 Å². The molecule has 0 aliphatic carbocycles. The highest BCUT2D eigenvalue weighted by Crippen LogP contribution is 2.11. The molecule has 4 nitrogen and oxygen atoms in total. The van der Waals surface area contributed by atoms with Crippen LogP contribution in [0.2, 0.25) is 0 Å². The second-order valence-corrected chi connectivity index (χ2v) is 4.02. The lowest BCUT2D eigenvalue weighted by molar-refractivity contribution is 0.128. The van der Waals surface area contributed by atoms with Crippen molar-refractivity contribution < 1.29 is 9.84 Å². The lowest BCUT2D eigenvalue weighted by Gasteiger charge is -2.14. The second-order valence-electron chi connectivity index (χ2n) is 3.08. The van der Waals surface area contributed by atoms with E-state index in [-0.39, 0.29) is 12.6 Å². The summed E-state index contributed by atoms with van der Waals surface area (Å²) in [5.74, 6) is 0. The molecule has 2 N–H and O–H groups in total. The number of nitrogens with zero attached hydrogens (tertiary/aromatic N) is 1. The van der Waals surface area contributed by atoms with Gasteiger partial charge in [0.1, 0.15) is 0 Å². The van der Waals surface area contributed by atoms with Crippen LogP contribution in [0.5, 0.6) is 0 Å². The normalized spacial score (nSPS) is 13.1. The quantitative estimate of drug-likeness (QED) is 0.729. The number of ether oxygens (including phenoxy) is 1. The van der Waals surface area contributed by atoms with Crippen LogP contribution in [0.25, 0.3) is 0 Å². The summed E-state index contributed by atoms with van der Waals surface area (Å²) in [4.78, 5) is 5.36. The first-order valence-electron chi connectivity index (χ1n) is 4.50. The highest BCUT2D eigenvalue weighted by Gasteiger charge is 2.07. The summed E-state index contributed by atoms with van der Waals surface area (Å²) in [6.45, 7) is 3.34. The van der Waals surface area contributed by atoms with Gasteiger partial charge in [0, 0.05) is 18.5 Å². The van der Waals surface area contributed by atoms with Crippen LogP contribution in [0, 0.1) is 6.92 Å². The molecule has 5 heteroatoms. The van der Waals surface area contributed by atoms with E-state index in [1.54, 1.807) is 18.4 Å². The summed E-state index contributed by atoms with van der Waals surface area (Å²) in [6, 6.07) is 0.00139. The Labute approximate surface area is 87.9 Å². The number of nitrogens with one attached hydrogen (secondary N) is 1. The van der Waals surface area contributed by atoms with E-state index in [0.717, 1.165) is 12.2 Å². The fourth-order valence-corrected chi connectivity index (χ4v) is 1.84. The number of aliphatic hydroxyl groups excluding tert-OH is 1. The molecule has 0 bridgehead atoms. The number of methoxy groups -OCH3 is 1. The summed E-state index contributed by atoms with van der Waals surface area (Å²) in [7, 11) is 1.63. The van der Waals surface area contributed by atoms with E-state index in [1.165, 1.54) is 4.88 Å². The molecule has 0 amide bonds. The Morgan fingerprint density at radius 3 is 3.00 bits per heavy atom. The zero-order valence-corrected chi connectivity index (χ0v) is 9.30. The molecule has 0 radical (unpaired) electrons. The molecule has 1 unspecified atom stereocenters. The zero-order chi connectivity index (χ0) is 10.4. The fraction of sp³-hybridized carbons (Fsp3) is 0.667. The number of hydrogen-bond donors (Lipinski definition) is 2. The third kappa shape index (κ3) is 3.34. The third-order valence-corrected chi connectivity index (χ3v) is 2.92. The number of rotatable bonds is 6. The minimum Gasteiger partial charge on any atom is -0.395 e. The van der Waals surface area contributed by atoms with Gasteiger partial charge in [-0.05, 0) is 6.92 Å². The Balaban J connectivity index is 2.35. The van der Waals surface area contributed by atoms with Gasteiger partial charge in [-0.1, -0.05) is 0 Å². The molecule has 0 aromatic carbocycles. The molecule has 1 atom stereocenters. The molecule has 1 rings (SSSR count). The Morgan fingerprint density at radius 2 is 2.50 bits per heavy atom. The molecular formula is C9H16N2O2S. The van der Waals surface area contributed by atoms with Gasteiger partial charge >= 0.3 is 0 Å². The first-order chi connectivity index (χ1) is 6.77. The van der Waals surface area contributed by atoms with Crippen LogP contribution < -0.4 is 5.32 Å². The maximum absolute atomic E-state index is 9.00. The Hall–Kier alpha value is -0.490. The Bertz CT molecular complexity index is 265. The third-order valence-electron chi connectivity index (χ3n) is 1.98. The van der Waals surface area contributed by atoms with Crippen LogP contribution in [-0.4, -0.2) is 36.5 Å². The van der Waals surface area contributed by atoms with Crippen molar-refractivity contribution in [2.24, 2.45) is 0 Å². The molecule has 1 aromatic rings. The maximum Gasteiger partial charge on any atom is 0.0798 e. The van der Waals surface area contributed by atoms with Crippen molar-refractivity contribution in [2.75, 3.05) is 20.3 Å². The lowest BCUT2D eigenvalue weighted by Crippen LogP contribution is -2.35. The zero-order valence-electron chi connectivity index (χ0n) is 8.49. The number of thiazole rings is 1. The molecular weight excluding hydrogens is 200 g/mol. The molecule has 80 valence electrons. The molecule has 1 heterocycles. The highest BCUT2D eigenvalue weighted by atomic mass is 32.1. The van der Waals surface area contributed by atoms with Gasteiger partial charge in [0.25, 0.3) is 0 Å². The average Bonchev–Trinajstić information content (AvgIpc) is 2.59. The fourth-order valence-electron chi connectivity index (χ4n) is 1.11. The SMILES string of the molecule is COCC(CO)NCc1scnc1C. The number of aromatic nitrogens is 1. The monoisotopic (exact) mass is 216 g/mol. The summed E-state index contributed by atoms with van der Waals surface area (Å²) < 4.78 is 4.96. The second kappa shape index (κ2) is 6.08. The average molecular weight is 216 g/mol. The van der Waals surface area contributed by atoms with E-state index < -0.39 is 0 Å².